The number of hydrogen-bond acceptors (Lipinski definition) is 3. The quantitative estimate of drug-likeness (QED) is 0.831. The van der Waals surface area contributed by atoms with Gasteiger partial charge in [0.2, 0.25) is 0 Å². The van der Waals surface area contributed by atoms with E-state index in [1.807, 2.05) is 0 Å². The lowest BCUT2D eigenvalue weighted by Gasteiger charge is -2.29. The topological polar surface area (TPSA) is 47.3 Å². The zero-order chi connectivity index (χ0) is 12.4. The van der Waals surface area contributed by atoms with Crippen LogP contribution in [0, 0.1) is 17.0 Å². The molecule has 1 aromatic carbocycles. The molecule has 0 bridgehead atoms. The summed E-state index contributed by atoms with van der Waals surface area (Å²) in [5.41, 5.74) is 0.831. The van der Waals surface area contributed by atoms with E-state index in [2.05, 4.69) is 0 Å². The molecule has 0 atom stereocenters. The summed E-state index contributed by atoms with van der Waals surface area (Å²) < 4.78 is 27.2. The predicted molar refractivity (Wildman–Crippen MR) is 61.5 cm³/mol. The highest BCUT2D eigenvalue weighted by Gasteiger charge is 2.19. The van der Waals surface area contributed by atoms with Crippen molar-refractivity contribution >= 4 is 11.4 Å². The number of benzene rings is 1. The number of halogens is 2. The van der Waals surface area contributed by atoms with E-state index in [0.29, 0.717) is 31.6 Å². The first-order valence-electron chi connectivity index (χ1n) is 5.52. The Balaban J connectivity index is 2.26. The van der Waals surface area contributed by atoms with E-state index in [9.17, 15) is 8.78 Å². The van der Waals surface area contributed by atoms with Gasteiger partial charge in [-0.3, -0.25) is 0 Å². The molecule has 0 aliphatic carbocycles. The molecule has 1 aromatic rings. The van der Waals surface area contributed by atoms with Gasteiger partial charge in [-0.15, -0.1) is 0 Å². The highest BCUT2D eigenvalue weighted by molar-refractivity contribution is 5.83. The summed E-state index contributed by atoms with van der Waals surface area (Å²) in [5, 5.41) is 16.3. The molecule has 0 radical (unpaired) electrons. The lowest BCUT2D eigenvalue weighted by molar-refractivity contribution is 0.275. The van der Waals surface area contributed by atoms with Gasteiger partial charge in [-0.1, -0.05) is 0 Å². The molecule has 1 aliphatic rings. The van der Waals surface area contributed by atoms with Gasteiger partial charge in [0.1, 0.15) is 11.6 Å². The number of aliphatic hydroxyl groups is 1. The third kappa shape index (κ3) is 2.44. The van der Waals surface area contributed by atoms with Crippen LogP contribution in [-0.2, 0) is 6.61 Å². The molecule has 0 saturated carbocycles. The normalized spacial score (nSPS) is 16.4. The molecule has 5 heteroatoms. The van der Waals surface area contributed by atoms with Gasteiger partial charge < -0.3 is 15.4 Å². The summed E-state index contributed by atoms with van der Waals surface area (Å²) in [6, 6.07) is 2.15. The number of nitrogens with zero attached hydrogens (tertiary/aromatic N) is 1. The molecule has 1 fully saturated rings. The molecule has 17 heavy (non-hydrogen) atoms. The van der Waals surface area contributed by atoms with Crippen molar-refractivity contribution in [1.82, 2.24) is 0 Å². The van der Waals surface area contributed by atoms with E-state index in [-0.39, 0.29) is 11.3 Å². The Bertz CT molecular complexity index is 438. The van der Waals surface area contributed by atoms with Crippen LogP contribution in [0.15, 0.2) is 12.1 Å². The summed E-state index contributed by atoms with van der Waals surface area (Å²) in [5.74, 6) is -1.12. The standard InChI is InChI=1S/C12H14F2N2O/c13-10-6-12(11(14)5-8(10)7-17)16-3-1-9(15)2-4-16/h5-6,15,17H,1-4,7H2. The molecule has 0 unspecified atom stereocenters. The molecule has 2 rings (SSSR count). The van der Waals surface area contributed by atoms with Crippen molar-refractivity contribution < 1.29 is 13.9 Å². The van der Waals surface area contributed by atoms with E-state index in [1.165, 1.54) is 0 Å². The minimum absolute atomic E-state index is 0.0315. The van der Waals surface area contributed by atoms with Crippen LogP contribution in [0.2, 0.25) is 0 Å². The van der Waals surface area contributed by atoms with Crippen molar-refractivity contribution in [2.75, 3.05) is 18.0 Å². The number of anilines is 1. The molecule has 3 nitrogen and oxygen atoms in total. The van der Waals surface area contributed by atoms with Gasteiger partial charge >= 0.3 is 0 Å². The van der Waals surface area contributed by atoms with Crippen molar-refractivity contribution in [2.45, 2.75) is 19.4 Å². The zero-order valence-corrected chi connectivity index (χ0v) is 9.34. The second-order valence-electron chi connectivity index (χ2n) is 4.14. The highest BCUT2D eigenvalue weighted by Crippen LogP contribution is 2.25. The van der Waals surface area contributed by atoms with E-state index in [1.54, 1.807) is 4.90 Å². The first-order chi connectivity index (χ1) is 8.11. The van der Waals surface area contributed by atoms with Gasteiger partial charge in [0.25, 0.3) is 0 Å². The minimum Gasteiger partial charge on any atom is -0.392 e. The molecular formula is C12H14F2N2O. The summed E-state index contributed by atoms with van der Waals surface area (Å²) in [6.07, 6.45) is 1.17. The number of aliphatic hydroxyl groups excluding tert-OH is 1. The number of nitrogens with one attached hydrogen (secondary N) is 1. The fraction of sp³-hybridized carbons (Fsp3) is 0.417. The Hall–Kier alpha value is -1.49. The smallest absolute Gasteiger partial charge is 0.147 e. The Kier molecular flexibility index (Phi) is 3.38. The third-order valence-corrected chi connectivity index (χ3v) is 2.99. The van der Waals surface area contributed by atoms with Crippen LogP contribution in [-0.4, -0.2) is 23.9 Å². The third-order valence-electron chi connectivity index (χ3n) is 2.99. The summed E-state index contributed by atoms with van der Waals surface area (Å²) >= 11 is 0. The lowest BCUT2D eigenvalue weighted by Crippen LogP contribution is -2.34. The van der Waals surface area contributed by atoms with Crippen LogP contribution in [0.25, 0.3) is 0 Å². The van der Waals surface area contributed by atoms with Crippen molar-refractivity contribution in [3.05, 3.63) is 29.3 Å². The van der Waals surface area contributed by atoms with Crippen LogP contribution < -0.4 is 4.90 Å². The number of piperidine rings is 1. The highest BCUT2D eigenvalue weighted by atomic mass is 19.1. The monoisotopic (exact) mass is 240 g/mol. The fourth-order valence-electron chi connectivity index (χ4n) is 1.96. The summed E-state index contributed by atoms with van der Waals surface area (Å²) in [7, 11) is 0. The zero-order valence-electron chi connectivity index (χ0n) is 9.34. The molecule has 1 heterocycles. The Morgan fingerprint density at radius 2 is 1.82 bits per heavy atom. The van der Waals surface area contributed by atoms with Crippen molar-refractivity contribution in [3.8, 4) is 0 Å². The molecule has 92 valence electrons. The van der Waals surface area contributed by atoms with E-state index in [4.69, 9.17) is 10.5 Å². The summed E-state index contributed by atoms with van der Waals surface area (Å²) in [4.78, 5) is 1.73. The van der Waals surface area contributed by atoms with Gasteiger partial charge in [-0.25, -0.2) is 8.78 Å². The maximum atomic E-state index is 13.7. The number of hydrogen-bond donors (Lipinski definition) is 2. The van der Waals surface area contributed by atoms with Crippen LogP contribution >= 0.6 is 0 Å². The van der Waals surface area contributed by atoms with Crippen molar-refractivity contribution in [3.63, 3.8) is 0 Å². The van der Waals surface area contributed by atoms with Gasteiger partial charge in [-0.2, -0.15) is 0 Å². The molecule has 0 amide bonds. The van der Waals surface area contributed by atoms with Gasteiger partial charge in [-0.05, 0) is 6.07 Å². The van der Waals surface area contributed by atoms with Crippen LogP contribution in [0.1, 0.15) is 18.4 Å². The maximum absolute atomic E-state index is 13.7. The average molecular weight is 240 g/mol. The molecule has 1 saturated heterocycles. The van der Waals surface area contributed by atoms with Gasteiger partial charge in [0, 0.05) is 43.3 Å². The Morgan fingerprint density at radius 3 is 2.41 bits per heavy atom. The second kappa shape index (κ2) is 4.79. The Labute approximate surface area is 98.2 Å². The lowest BCUT2D eigenvalue weighted by atomic mass is 10.1. The van der Waals surface area contributed by atoms with Crippen molar-refractivity contribution in [1.29, 1.82) is 5.41 Å². The largest absolute Gasteiger partial charge is 0.392 e. The molecular weight excluding hydrogens is 226 g/mol. The predicted octanol–water partition coefficient (Wildman–Crippen LogP) is 2.08. The first kappa shape index (κ1) is 12.0. The van der Waals surface area contributed by atoms with Gasteiger partial charge in [0.05, 0.1) is 12.3 Å². The first-order valence-corrected chi connectivity index (χ1v) is 5.52. The van der Waals surface area contributed by atoms with E-state index < -0.39 is 18.2 Å². The summed E-state index contributed by atoms with van der Waals surface area (Å²) in [6.45, 7) is 0.564. The van der Waals surface area contributed by atoms with Crippen LogP contribution in [0.3, 0.4) is 0 Å². The SMILES string of the molecule is N=C1CCN(c2cc(F)c(CO)cc2F)CC1. The second-order valence-corrected chi connectivity index (χ2v) is 4.14. The molecule has 0 aromatic heterocycles. The van der Waals surface area contributed by atoms with Crippen LogP contribution in [0.5, 0.6) is 0 Å². The van der Waals surface area contributed by atoms with Crippen molar-refractivity contribution in [2.24, 2.45) is 0 Å². The molecule has 0 spiro atoms. The minimum atomic E-state index is -0.593. The van der Waals surface area contributed by atoms with E-state index in [0.717, 1.165) is 12.1 Å². The maximum Gasteiger partial charge on any atom is 0.147 e. The number of rotatable bonds is 2. The molecule has 2 N–H and O–H groups in total. The average Bonchev–Trinajstić information content (AvgIpc) is 2.33. The Morgan fingerprint density at radius 1 is 1.18 bits per heavy atom. The molecule has 1 aliphatic heterocycles. The fourth-order valence-corrected chi connectivity index (χ4v) is 1.96. The van der Waals surface area contributed by atoms with E-state index >= 15 is 0 Å². The van der Waals surface area contributed by atoms with Crippen LogP contribution in [0.4, 0.5) is 14.5 Å². The van der Waals surface area contributed by atoms with Gasteiger partial charge in [0.15, 0.2) is 0 Å².